The summed E-state index contributed by atoms with van der Waals surface area (Å²) >= 11 is 6.12. The van der Waals surface area contributed by atoms with Crippen LogP contribution in [-0.2, 0) is 4.79 Å². The predicted molar refractivity (Wildman–Crippen MR) is 97.4 cm³/mol. The average molecular weight is 352 g/mol. The highest BCUT2D eigenvalue weighted by molar-refractivity contribution is 6.33. The Balaban J connectivity index is 1.95. The molecule has 3 amide bonds. The highest BCUT2D eigenvalue weighted by Crippen LogP contribution is 2.27. The lowest BCUT2D eigenvalue weighted by Gasteiger charge is -2.32. The van der Waals surface area contributed by atoms with Crippen LogP contribution in [0.1, 0.15) is 32.8 Å². The van der Waals surface area contributed by atoms with Crippen LogP contribution in [0.4, 0.5) is 10.5 Å². The number of nitrogens with one attached hydrogen (secondary N) is 1. The molecule has 1 aliphatic rings. The summed E-state index contributed by atoms with van der Waals surface area (Å²) in [5.74, 6) is 0.309. The molecule has 0 saturated carbocycles. The lowest BCUT2D eigenvalue weighted by molar-refractivity contribution is -0.131. The fraction of sp³-hybridized carbons (Fsp3) is 0.556. The highest BCUT2D eigenvalue weighted by atomic mass is 35.5. The molecule has 132 valence electrons. The average Bonchev–Trinajstić information content (AvgIpc) is 2.83. The number of nitrogens with zero attached hydrogens (tertiary/aromatic N) is 2. The van der Waals surface area contributed by atoms with Gasteiger partial charge >= 0.3 is 6.03 Å². The van der Waals surface area contributed by atoms with E-state index in [0.29, 0.717) is 30.2 Å². The number of carbonyl (C=O) groups is 2. The van der Waals surface area contributed by atoms with Crippen molar-refractivity contribution in [3.8, 4) is 0 Å². The Morgan fingerprint density at radius 2 is 2.08 bits per heavy atom. The molecule has 0 spiro atoms. The van der Waals surface area contributed by atoms with Crippen molar-refractivity contribution in [3.05, 3.63) is 28.8 Å². The van der Waals surface area contributed by atoms with Crippen LogP contribution in [0, 0.1) is 12.8 Å². The molecular formula is C18H26ClN3O2. The number of amides is 3. The monoisotopic (exact) mass is 351 g/mol. The summed E-state index contributed by atoms with van der Waals surface area (Å²) in [5, 5.41) is 3.35. The number of carbonyl (C=O) groups excluding carboxylic acids is 2. The van der Waals surface area contributed by atoms with Crippen molar-refractivity contribution in [3.63, 3.8) is 0 Å². The van der Waals surface area contributed by atoms with E-state index in [4.69, 9.17) is 11.6 Å². The van der Waals surface area contributed by atoms with Gasteiger partial charge in [0.2, 0.25) is 5.91 Å². The maximum atomic E-state index is 12.4. The molecule has 0 aromatic heterocycles. The van der Waals surface area contributed by atoms with E-state index in [1.54, 1.807) is 18.0 Å². The maximum Gasteiger partial charge on any atom is 0.321 e. The second-order valence-electron chi connectivity index (χ2n) is 7.54. The molecule has 0 bridgehead atoms. The first kappa shape index (κ1) is 18.6. The van der Waals surface area contributed by atoms with E-state index in [1.807, 2.05) is 44.7 Å². The minimum atomic E-state index is -0.218. The van der Waals surface area contributed by atoms with Crippen LogP contribution in [0.25, 0.3) is 0 Å². The van der Waals surface area contributed by atoms with Gasteiger partial charge in [-0.2, -0.15) is 0 Å². The van der Waals surface area contributed by atoms with E-state index in [2.05, 4.69) is 5.32 Å². The fourth-order valence-electron chi connectivity index (χ4n) is 2.97. The molecule has 1 fully saturated rings. The van der Waals surface area contributed by atoms with Gasteiger partial charge < -0.3 is 15.1 Å². The van der Waals surface area contributed by atoms with E-state index in [0.717, 1.165) is 5.56 Å². The summed E-state index contributed by atoms with van der Waals surface area (Å²) in [5.41, 5.74) is 1.45. The van der Waals surface area contributed by atoms with E-state index in [-0.39, 0.29) is 23.4 Å². The minimum Gasteiger partial charge on any atom is -0.337 e. The third-order valence-electron chi connectivity index (χ3n) is 4.26. The van der Waals surface area contributed by atoms with Crippen molar-refractivity contribution in [2.45, 2.75) is 39.7 Å². The molecule has 1 atom stereocenters. The lowest BCUT2D eigenvalue weighted by Crippen LogP contribution is -2.43. The normalized spacial score (nSPS) is 18.0. The molecule has 2 rings (SSSR count). The topological polar surface area (TPSA) is 52.7 Å². The summed E-state index contributed by atoms with van der Waals surface area (Å²) in [4.78, 5) is 28.0. The molecule has 1 aliphatic heterocycles. The number of urea groups is 1. The quantitative estimate of drug-likeness (QED) is 0.901. The first-order valence-corrected chi connectivity index (χ1v) is 8.54. The number of likely N-dealkylation sites (tertiary alicyclic amines) is 1. The molecule has 1 heterocycles. The Hall–Kier alpha value is -1.75. The summed E-state index contributed by atoms with van der Waals surface area (Å²) in [6.07, 6.45) is 0.486. The number of hydrogen-bond acceptors (Lipinski definition) is 2. The van der Waals surface area contributed by atoms with E-state index >= 15 is 0 Å². The number of halogens is 1. The summed E-state index contributed by atoms with van der Waals surface area (Å²) in [6.45, 7) is 9.26. The Morgan fingerprint density at radius 1 is 1.42 bits per heavy atom. The molecule has 1 N–H and O–H groups in total. The number of aryl methyl sites for hydroxylation is 1. The predicted octanol–water partition coefficient (Wildman–Crippen LogP) is 3.76. The van der Waals surface area contributed by atoms with Crippen molar-refractivity contribution >= 4 is 29.2 Å². The van der Waals surface area contributed by atoms with Crippen LogP contribution in [0.2, 0.25) is 5.02 Å². The third kappa shape index (κ3) is 4.41. The van der Waals surface area contributed by atoms with Crippen LogP contribution in [0.3, 0.4) is 0 Å². The van der Waals surface area contributed by atoms with Crippen molar-refractivity contribution in [1.29, 1.82) is 0 Å². The molecular weight excluding hydrogens is 326 g/mol. The molecule has 24 heavy (non-hydrogen) atoms. The molecule has 0 radical (unpaired) electrons. The molecule has 5 nitrogen and oxygen atoms in total. The smallest absolute Gasteiger partial charge is 0.321 e. The van der Waals surface area contributed by atoms with Crippen molar-refractivity contribution in [2.75, 3.05) is 25.5 Å². The van der Waals surface area contributed by atoms with Gasteiger partial charge in [0.25, 0.3) is 0 Å². The van der Waals surface area contributed by atoms with Gasteiger partial charge in [0.1, 0.15) is 0 Å². The molecule has 6 heteroatoms. The van der Waals surface area contributed by atoms with Gasteiger partial charge in [-0.15, -0.1) is 0 Å². The Labute approximate surface area is 149 Å². The van der Waals surface area contributed by atoms with Gasteiger partial charge in [0.05, 0.1) is 10.7 Å². The molecule has 0 unspecified atom stereocenters. The second-order valence-corrected chi connectivity index (χ2v) is 7.95. The first-order chi connectivity index (χ1) is 11.1. The molecule has 0 aliphatic carbocycles. The van der Waals surface area contributed by atoms with Gasteiger partial charge in [-0.3, -0.25) is 4.79 Å². The Kier molecular flexibility index (Phi) is 5.43. The summed E-state index contributed by atoms with van der Waals surface area (Å²) in [6, 6.07) is 5.29. The second kappa shape index (κ2) is 7.01. The maximum absolute atomic E-state index is 12.4. The van der Waals surface area contributed by atoms with E-state index in [1.165, 1.54) is 0 Å². The Morgan fingerprint density at radius 3 is 2.67 bits per heavy atom. The van der Waals surface area contributed by atoms with E-state index < -0.39 is 0 Å². The van der Waals surface area contributed by atoms with Gasteiger partial charge in [0.15, 0.2) is 0 Å². The SMILES string of the molecule is Cc1ccc(Cl)c(NC(=O)N(C)C[C@@H]2CC(=O)N(C(C)(C)C)C2)c1. The van der Waals surface area contributed by atoms with Crippen LogP contribution in [0.5, 0.6) is 0 Å². The number of benzene rings is 1. The van der Waals surface area contributed by atoms with Gasteiger partial charge in [-0.25, -0.2) is 4.79 Å². The largest absolute Gasteiger partial charge is 0.337 e. The highest BCUT2D eigenvalue weighted by Gasteiger charge is 2.36. The fourth-order valence-corrected chi connectivity index (χ4v) is 3.13. The zero-order valence-corrected chi connectivity index (χ0v) is 15.8. The number of rotatable bonds is 3. The van der Waals surface area contributed by atoms with Crippen LogP contribution >= 0.6 is 11.6 Å². The Bertz CT molecular complexity index is 640. The van der Waals surface area contributed by atoms with Crippen molar-refractivity contribution in [2.24, 2.45) is 5.92 Å². The zero-order chi connectivity index (χ0) is 18.1. The van der Waals surface area contributed by atoms with Gasteiger partial charge in [-0.1, -0.05) is 17.7 Å². The summed E-state index contributed by atoms with van der Waals surface area (Å²) in [7, 11) is 1.74. The molecule has 1 aromatic carbocycles. The molecule has 1 aromatic rings. The van der Waals surface area contributed by atoms with Crippen LogP contribution < -0.4 is 5.32 Å². The van der Waals surface area contributed by atoms with Crippen LogP contribution in [0.15, 0.2) is 18.2 Å². The minimum absolute atomic E-state index is 0.153. The standard InChI is InChI=1S/C18H26ClN3O2/c1-12-6-7-14(19)15(8-12)20-17(24)21(5)10-13-9-16(23)22(11-13)18(2,3)4/h6-8,13H,9-11H2,1-5H3,(H,20,24)/t13-/m0/s1. The molecule has 1 saturated heterocycles. The van der Waals surface area contributed by atoms with Gasteiger partial charge in [-0.05, 0) is 45.4 Å². The van der Waals surface area contributed by atoms with E-state index in [9.17, 15) is 9.59 Å². The first-order valence-electron chi connectivity index (χ1n) is 8.16. The van der Waals surface area contributed by atoms with Crippen molar-refractivity contribution < 1.29 is 9.59 Å². The zero-order valence-electron chi connectivity index (χ0n) is 15.0. The third-order valence-corrected chi connectivity index (χ3v) is 4.59. The van der Waals surface area contributed by atoms with Crippen molar-refractivity contribution in [1.82, 2.24) is 9.80 Å². The lowest BCUT2D eigenvalue weighted by atomic mass is 10.1. The number of hydrogen-bond donors (Lipinski definition) is 1. The van der Waals surface area contributed by atoms with Gasteiger partial charge in [0, 0.05) is 38.0 Å². The summed E-state index contributed by atoms with van der Waals surface area (Å²) < 4.78 is 0. The number of anilines is 1. The van der Waals surface area contributed by atoms with Crippen LogP contribution in [-0.4, -0.2) is 47.4 Å².